The summed E-state index contributed by atoms with van der Waals surface area (Å²) in [5.74, 6) is 0.730. The summed E-state index contributed by atoms with van der Waals surface area (Å²) in [5, 5.41) is 9.30. The van der Waals surface area contributed by atoms with Crippen molar-refractivity contribution in [1.82, 2.24) is 0 Å². The maximum Gasteiger partial charge on any atom is 0.178 e. The van der Waals surface area contributed by atoms with Crippen molar-refractivity contribution in [1.29, 1.82) is 0 Å². The molecule has 4 nitrogen and oxygen atoms in total. The Morgan fingerprint density at radius 2 is 1.05 bits per heavy atom. The Morgan fingerprint density at radius 1 is 0.477 bits per heavy atom. The van der Waals surface area contributed by atoms with Crippen LogP contribution in [0.3, 0.4) is 0 Å². The van der Waals surface area contributed by atoms with E-state index >= 15 is 0 Å². The zero-order valence-electron chi connectivity index (χ0n) is 23.6. The minimum atomic E-state index is -0.196. The topological polar surface area (TPSA) is 52.7 Å². The minimum absolute atomic E-state index is 0.196. The van der Waals surface area contributed by atoms with Crippen molar-refractivity contribution >= 4 is 55.4 Å². The van der Waals surface area contributed by atoms with E-state index in [0.29, 0.717) is 0 Å². The number of hydrogen-bond donors (Lipinski definition) is 0. The Labute approximate surface area is 253 Å². The SMILES string of the molecule is C1=C(c2ccccc2)N=C(c2ccccc2)[N-]C1c1ccc2oc3c(ccc4c5cc(-c6ccccc6)ccc5oc43)c2c1. The molecular weight excluding hydrogens is 540 g/mol. The van der Waals surface area contributed by atoms with Crippen molar-refractivity contribution < 1.29 is 8.83 Å². The quantitative estimate of drug-likeness (QED) is 0.213. The fourth-order valence-electron chi connectivity index (χ4n) is 6.25. The fourth-order valence-corrected chi connectivity index (χ4v) is 6.25. The van der Waals surface area contributed by atoms with Gasteiger partial charge in [-0.25, -0.2) is 0 Å². The molecule has 0 fully saturated rings. The highest BCUT2D eigenvalue weighted by Gasteiger charge is 2.18. The third-order valence-electron chi connectivity index (χ3n) is 8.45. The molecular formula is C40H25N2O2-. The lowest BCUT2D eigenvalue weighted by atomic mass is 9.98. The van der Waals surface area contributed by atoms with E-state index in [2.05, 4.69) is 97.1 Å². The van der Waals surface area contributed by atoms with Gasteiger partial charge >= 0.3 is 0 Å². The summed E-state index contributed by atoms with van der Waals surface area (Å²) >= 11 is 0. The van der Waals surface area contributed by atoms with Crippen LogP contribution in [0.5, 0.6) is 0 Å². The molecule has 208 valence electrons. The molecule has 0 saturated heterocycles. The molecule has 0 aliphatic carbocycles. The van der Waals surface area contributed by atoms with Crippen LogP contribution in [0, 0.1) is 0 Å². The van der Waals surface area contributed by atoms with Gasteiger partial charge < -0.3 is 19.1 Å². The molecule has 6 aromatic carbocycles. The van der Waals surface area contributed by atoms with Crippen molar-refractivity contribution in [3.05, 3.63) is 168 Å². The lowest BCUT2D eigenvalue weighted by molar-refractivity contribution is 0.633. The van der Waals surface area contributed by atoms with E-state index in [0.717, 1.165) is 77.7 Å². The van der Waals surface area contributed by atoms with Gasteiger partial charge in [-0.3, -0.25) is 0 Å². The summed E-state index contributed by atoms with van der Waals surface area (Å²) in [7, 11) is 0. The number of furan rings is 2. The van der Waals surface area contributed by atoms with Crippen LogP contribution in [0.2, 0.25) is 0 Å². The van der Waals surface area contributed by atoms with Crippen LogP contribution in [0.4, 0.5) is 0 Å². The highest BCUT2D eigenvalue weighted by Crippen LogP contribution is 2.42. The Bertz CT molecular complexity index is 2400. The van der Waals surface area contributed by atoms with Gasteiger partial charge in [0.2, 0.25) is 0 Å². The summed E-state index contributed by atoms with van der Waals surface area (Å²) in [6.45, 7) is 0. The summed E-state index contributed by atoms with van der Waals surface area (Å²) in [6, 6.07) is 47.7. The van der Waals surface area contributed by atoms with Crippen molar-refractivity contribution in [3.63, 3.8) is 0 Å². The molecule has 1 atom stereocenters. The zero-order chi connectivity index (χ0) is 29.0. The number of benzene rings is 6. The molecule has 44 heavy (non-hydrogen) atoms. The van der Waals surface area contributed by atoms with Crippen LogP contribution in [-0.4, -0.2) is 5.84 Å². The summed E-state index contributed by atoms with van der Waals surface area (Å²) < 4.78 is 12.9. The first-order chi connectivity index (χ1) is 21.8. The normalized spacial score (nSPS) is 15.0. The van der Waals surface area contributed by atoms with Gasteiger partial charge in [-0.15, -0.1) is 0 Å². The standard InChI is InChI=1S/C40H25N2O2/c1-4-10-25(11-5-1)28-16-20-36-32(22-28)30-18-19-31-33-23-29(17-21-37(33)44-39(31)38(30)43-36)35-24-34(26-12-6-2-7-13-26)41-40(42-35)27-14-8-3-9-15-27/h1-24,35H/q-1. The maximum absolute atomic E-state index is 6.47. The summed E-state index contributed by atoms with van der Waals surface area (Å²) in [6.07, 6.45) is 2.15. The molecule has 1 unspecified atom stereocenters. The largest absolute Gasteiger partial charge is 0.454 e. The lowest BCUT2D eigenvalue weighted by Gasteiger charge is -2.33. The second-order valence-electron chi connectivity index (χ2n) is 11.1. The van der Waals surface area contributed by atoms with E-state index in [1.807, 2.05) is 48.5 Å². The Hall–Kier alpha value is -5.87. The number of nitrogens with zero attached hydrogens (tertiary/aromatic N) is 2. The van der Waals surface area contributed by atoms with Crippen LogP contribution < -0.4 is 0 Å². The second kappa shape index (κ2) is 9.85. The average Bonchev–Trinajstić information content (AvgIpc) is 3.67. The second-order valence-corrected chi connectivity index (χ2v) is 11.1. The Kier molecular flexibility index (Phi) is 5.53. The Morgan fingerprint density at radius 3 is 1.70 bits per heavy atom. The molecule has 9 rings (SSSR count). The number of hydrogen-bond acceptors (Lipinski definition) is 3. The molecule has 3 heterocycles. The van der Waals surface area contributed by atoms with Gasteiger partial charge in [-0.05, 0) is 69.9 Å². The molecule has 0 spiro atoms. The van der Waals surface area contributed by atoms with E-state index in [1.165, 1.54) is 5.56 Å². The number of aliphatic imine (C=N–C) groups is 1. The minimum Gasteiger partial charge on any atom is -0.454 e. The van der Waals surface area contributed by atoms with E-state index in [-0.39, 0.29) is 6.04 Å². The first-order valence-electron chi connectivity index (χ1n) is 14.8. The molecule has 2 aromatic heterocycles. The fraction of sp³-hybridized carbons (Fsp3) is 0.0250. The van der Waals surface area contributed by atoms with Gasteiger partial charge in [0.05, 0.1) is 0 Å². The molecule has 0 radical (unpaired) electrons. The smallest absolute Gasteiger partial charge is 0.178 e. The van der Waals surface area contributed by atoms with E-state index in [9.17, 15) is 0 Å². The number of rotatable bonds is 4. The molecule has 4 heteroatoms. The van der Waals surface area contributed by atoms with Crippen molar-refractivity contribution in [2.45, 2.75) is 6.04 Å². The number of fused-ring (bicyclic) bond motifs is 7. The van der Waals surface area contributed by atoms with E-state index in [4.69, 9.17) is 19.1 Å². The van der Waals surface area contributed by atoms with Gasteiger partial charge in [0.15, 0.2) is 11.2 Å². The van der Waals surface area contributed by atoms with Gasteiger partial charge in [-0.2, -0.15) is 0 Å². The van der Waals surface area contributed by atoms with Crippen LogP contribution in [0.1, 0.15) is 22.7 Å². The highest BCUT2D eigenvalue weighted by molar-refractivity contribution is 6.19. The Balaban J connectivity index is 1.16. The molecule has 0 bridgehead atoms. The molecule has 0 saturated carbocycles. The molecule has 0 amide bonds. The van der Waals surface area contributed by atoms with Crippen LogP contribution in [0.25, 0.3) is 66.0 Å². The first-order valence-corrected chi connectivity index (χ1v) is 14.8. The van der Waals surface area contributed by atoms with Crippen molar-refractivity contribution in [2.24, 2.45) is 4.99 Å². The monoisotopic (exact) mass is 565 g/mol. The van der Waals surface area contributed by atoms with Crippen molar-refractivity contribution in [2.75, 3.05) is 0 Å². The van der Waals surface area contributed by atoms with Crippen LogP contribution >= 0.6 is 0 Å². The molecule has 1 aliphatic heterocycles. The van der Waals surface area contributed by atoms with E-state index in [1.54, 1.807) is 0 Å². The molecule has 8 aromatic rings. The zero-order valence-corrected chi connectivity index (χ0v) is 23.6. The van der Waals surface area contributed by atoms with Gasteiger partial charge in [-0.1, -0.05) is 115 Å². The summed E-state index contributed by atoms with van der Waals surface area (Å²) in [5.41, 5.74) is 9.60. The molecule has 0 N–H and O–H groups in total. The average molecular weight is 566 g/mol. The van der Waals surface area contributed by atoms with Crippen LogP contribution in [-0.2, 0) is 0 Å². The van der Waals surface area contributed by atoms with Gasteiger partial charge in [0.1, 0.15) is 11.2 Å². The van der Waals surface area contributed by atoms with Gasteiger partial charge in [0, 0.05) is 27.6 Å². The third-order valence-corrected chi connectivity index (χ3v) is 8.45. The summed E-state index contributed by atoms with van der Waals surface area (Å²) in [4.78, 5) is 4.96. The van der Waals surface area contributed by atoms with Gasteiger partial charge in [0.25, 0.3) is 0 Å². The van der Waals surface area contributed by atoms with Crippen LogP contribution in [0.15, 0.2) is 159 Å². The van der Waals surface area contributed by atoms with Crippen molar-refractivity contribution in [3.8, 4) is 11.1 Å². The van der Waals surface area contributed by atoms with E-state index < -0.39 is 0 Å². The number of amidine groups is 1. The lowest BCUT2D eigenvalue weighted by Crippen LogP contribution is -2.10. The first kappa shape index (κ1) is 24.7. The third kappa shape index (κ3) is 4.03. The highest BCUT2D eigenvalue weighted by atomic mass is 16.4. The molecule has 1 aliphatic rings. The maximum atomic E-state index is 6.47. The predicted octanol–water partition coefficient (Wildman–Crippen LogP) is 11.1. The predicted molar refractivity (Wildman–Crippen MR) is 180 cm³/mol.